The van der Waals surface area contributed by atoms with Crippen molar-refractivity contribution in [2.45, 2.75) is 51.0 Å². The Labute approximate surface area is 114 Å². The van der Waals surface area contributed by atoms with Gasteiger partial charge in [-0.3, -0.25) is 0 Å². The van der Waals surface area contributed by atoms with Crippen LogP contribution in [0.2, 0.25) is 0 Å². The van der Waals surface area contributed by atoms with Crippen molar-refractivity contribution in [3.8, 4) is 0 Å². The molecule has 0 aromatic carbocycles. The standard InChI is InChI=1S/C15H25NOS/c17-11-5-1-4-10-16-15(13-7-2-3-8-13)14-9-6-12-18-14/h6,9,12-13,15-17H,1-5,7-8,10-11H2. The highest BCUT2D eigenvalue weighted by Crippen LogP contribution is 2.37. The first-order valence-electron chi connectivity index (χ1n) is 7.29. The molecule has 1 unspecified atom stereocenters. The minimum Gasteiger partial charge on any atom is -0.396 e. The van der Waals surface area contributed by atoms with Crippen molar-refractivity contribution in [2.24, 2.45) is 5.92 Å². The molecule has 18 heavy (non-hydrogen) atoms. The van der Waals surface area contributed by atoms with Crippen molar-refractivity contribution in [1.29, 1.82) is 0 Å². The summed E-state index contributed by atoms with van der Waals surface area (Å²) in [7, 11) is 0. The highest BCUT2D eigenvalue weighted by molar-refractivity contribution is 7.10. The summed E-state index contributed by atoms with van der Waals surface area (Å²) in [5.41, 5.74) is 0. The number of nitrogens with one attached hydrogen (secondary N) is 1. The Morgan fingerprint density at radius 1 is 1.28 bits per heavy atom. The van der Waals surface area contributed by atoms with E-state index in [9.17, 15) is 0 Å². The van der Waals surface area contributed by atoms with Crippen LogP contribution in [0.1, 0.15) is 55.9 Å². The third-order valence-corrected chi connectivity index (χ3v) is 4.88. The van der Waals surface area contributed by atoms with Crippen LogP contribution in [0.4, 0.5) is 0 Å². The van der Waals surface area contributed by atoms with E-state index in [1.807, 2.05) is 11.3 Å². The summed E-state index contributed by atoms with van der Waals surface area (Å²) in [4.78, 5) is 1.50. The molecule has 3 heteroatoms. The van der Waals surface area contributed by atoms with Gasteiger partial charge in [-0.2, -0.15) is 0 Å². The van der Waals surface area contributed by atoms with E-state index in [1.54, 1.807) is 0 Å². The lowest BCUT2D eigenvalue weighted by Gasteiger charge is -2.24. The summed E-state index contributed by atoms with van der Waals surface area (Å²) in [6.45, 7) is 1.41. The number of thiophene rings is 1. The highest BCUT2D eigenvalue weighted by Gasteiger charge is 2.26. The van der Waals surface area contributed by atoms with Crippen LogP contribution in [0.3, 0.4) is 0 Å². The van der Waals surface area contributed by atoms with E-state index in [-0.39, 0.29) is 0 Å². The molecule has 1 aliphatic rings. The van der Waals surface area contributed by atoms with E-state index >= 15 is 0 Å². The topological polar surface area (TPSA) is 32.3 Å². The minimum atomic E-state index is 0.330. The Morgan fingerprint density at radius 3 is 2.78 bits per heavy atom. The predicted octanol–water partition coefficient (Wildman–Crippen LogP) is 3.73. The molecule has 1 saturated carbocycles. The van der Waals surface area contributed by atoms with Gasteiger partial charge in [0, 0.05) is 17.5 Å². The molecule has 0 amide bonds. The fourth-order valence-corrected chi connectivity index (χ4v) is 3.82. The lowest BCUT2D eigenvalue weighted by atomic mass is 9.96. The summed E-state index contributed by atoms with van der Waals surface area (Å²) in [5, 5.41) is 14.7. The molecule has 0 saturated heterocycles. The Hall–Kier alpha value is -0.380. The lowest BCUT2D eigenvalue weighted by Crippen LogP contribution is -2.27. The third kappa shape index (κ3) is 4.08. The molecule has 0 bridgehead atoms. The maximum absolute atomic E-state index is 8.78. The Balaban J connectivity index is 1.81. The summed E-state index contributed by atoms with van der Waals surface area (Å²) < 4.78 is 0. The molecule has 1 aromatic heterocycles. The molecule has 2 rings (SSSR count). The molecule has 102 valence electrons. The normalized spacial score (nSPS) is 18.3. The van der Waals surface area contributed by atoms with Gasteiger partial charge in [-0.15, -0.1) is 11.3 Å². The maximum Gasteiger partial charge on any atom is 0.0443 e. The SMILES string of the molecule is OCCCCCNC(c1cccs1)C1CCCC1. The molecule has 2 nitrogen and oxygen atoms in total. The van der Waals surface area contributed by atoms with E-state index in [0.717, 1.165) is 25.3 Å². The molecule has 0 radical (unpaired) electrons. The third-order valence-electron chi connectivity index (χ3n) is 3.92. The zero-order valence-corrected chi connectivity index (χ0v) is 11.9. The molecule has 1 aliphatic carbocycles. The highest BCUT2D eigenvalue weighted by atomic mass is 32.1. The van der Waals surface area contributed by atoms with Crippen LogP contribution in [-0.4, -0.2) is 18.3 Å². The van der Waals surface area contributed by atoms with Crippen molar-refractivity contribution >= 4 is 11.3 Å². The van der Waals surface area contributed by atoms with Crippen LogP contribution in [0, 0.1) is 5.92 Å². The van der Waals surface area contributed by atoms with Gasteiger partial charge < -0.3 is 10.4 Å². The van der Waals surface area contributed by atoms with Gasteiger partial charge in [0.2, 0.25) is 0 Å². The first kappa shape index (κ1) is 14.0. The van der Waals surface area contributed by atoms with Crippen LogP contribution in [0.5, 0.6) is 0 Å². The van der Waals surface area contributed by atoms with Crippen molar-refractivity contribution in [3.05, 3.63) is 22.4 Å². The first-order valence-corrected chi connectivity index (χ1v) is 8.17. The van der Waals surface area contributed by atoms with Crippen molar-refractivity contribution in [1.82, 2.24) is 5.32 Å². The second-order valence-electron chi connectivity index (χ2n) is 5.28. The Morgan fingerprint density at radius 2 is 2.11 bits per heavy atom. The average Bonchev–Trinajstić information content (AvgIpc) is 3.06. The van der Waals surface area contributed by atoms with Gasteiger partial charge >= 0.3 is 0 Å². The van der Waals surface area contributed by atoms with Crippen LogP contribution >= 0.6 is 11.3 Å². The molecule has 1 atom stereocenters. The maximum atomic E-state index is 8.78. The first-order chi connectivity index (χ1) is 8.92. The summed E-state index contributed by atoms with van der Waals surface area (Å²) >= 11 is 1.88. The van der Waals surface area contributed by atoms with Gasteiger partial charge in [0.05, 0.1) is 0 Å². The quantitative estimate of drug-likeness (QED) is 0.703. The van der Waals surface area contributed by atoms with Gasteiger partial charge in [0.1, 0.15) is 0 Å². The molecule has 2 N–H and O–H groups in total. The molecule has 1 fully saturated rings. The second kappa shape index (κ2) is 7.93. The number of rotatable bonds is 8. The number of hydrogen-bond donors (Lipinski definition) is 2. The number of aliphatic hydroxyl groups is 1. The molecule has 1 aromatic rings. The summed E-state index contributed by atoms with van der Waals surface area (Å²) in [6, 6.07) is 5.01. The monoisotopic (exact) mass is 267 g/mol. The van der Waals surface area contributed by atoms with Crippen molar-refractivity contribution in [2.75, 3.05) is 13.2 Å². The molecule has 0 spiro atoms. The summed E-state index contributed by atoms with van der Waals surface area (Å²) in [6.07, 6.45) is 8.81. The number of aliphatic hydroxyl groups excluding tert-OH is 1. The molecule has 0 aliphatic heterocycles. The van der Waals surface area contributed by atoms with Crippen LogP contribution in [-0.2, 0) is 0 Å². The van der Waals surface area contributed by atoms with Crippen LogP contribution < -0.4 is 5.32 Å². The fourth-order valence-electron chi connectivity index (χ4n) is 2.93. The van der Waals surface area contributed by atoms with Crippen LogP contribution in [0.15, 0.2) is 17.5 Å². The van der Waals surface area contributed by atoms with Gasteiger partial charge in [0.25, 0.3) is 0 Å². The largest absolute Gasteiger partial charge is 0.396 e. The zero-order valence-electron chi connectivity index (χ0n) is 11.1. The predicted molar refractivity (Wildman–Crippen MR) is 78.0 cm³/mol. The van der Waals surface area contributed by atoms with Crippen molar-refractivity contribution in [3.63, 3.8) is 0 Å². The number of unbranched alkanes of at least 4 members (excludes halogenated alkanes) is 2. The zero-order chi connectivity index (χ0) is 12.6. The van der Waals surface area contributed by atoms with Crippen molar-refractivity contribution < 1.29 is 5.11 Å². The summed E-state index contributed by atoms with van der Waals surface area (Å²) in [5.74, 6) is 0.835. The van der Waals surface area contributed by atoms with E-state index in [2.05, 4.69) is 22.8 Å². The minimum absolute atomic E-state index is 0.330. The average molecular weight is 267 g/mol. The fraction of sp³-hybridized carbons (Fsp3) is 0.733. The van der Waals surface area contributed by atoms with Gasteiger partial charge in [0.15, 0.2) is 0 Å². The Bertz CT molecular complexity index is 306. The lowest BCUT2D eigenvalue weighted by molar-refractivity contribution is 0.281. The van der Waals surface area contributed by atoms with E-state index in [4.69, 9.17) is 5.11 Å². The molecular weight excluding hydrogens is 242 g/mol. The smallest absolute Gasteiger partial charge is 0.0443 e. The van der Waals surface area contributed by atoms with Crippen LogP contribution in [0.25, 0.3) is 0 Å². The number of hydrogen-bond acceptors (Lipinski definition) is 3. The molecular formula is C15H25NOS. The van der Waals surface area contributed by atoms with E-state index in [1.165, 1.54) is 37.0 Å². The Kier molecular flexibility index (Phi) is 6.18. The second-order valence-corrected chi connectivity index (χ2v) is 6.26. The van der Waals surface area contributed by atoms with Gasteiger partial charge in [-0.25, -0.2) is 0 Å². The van der Waals surface area contributed by atoms with Gasteiger partial charge in [-0.05, 0) is 56.0 Å². The van der Waals surface area contributed by atoms with Gasteiger partial charge in [-0.1, -0.05) is 18.9 Å². The van der Waals surface area contributed by atoms with E-state index < -0.39 is 0 Å². The molecule has 1 heterocycles. The van der Waals surface area contributed by atoms with E-state index in [0.29, 0.717) is 12.6 Å².